The lowest BCUT2D eigenvalue weighted by molar-refractivity contribution is -0.152. The summed E-state index contributed by atoms with van der Waals surface area (Å²) in [5, 5.41) is 11.4. The van der Waals surface area contributed by atoms with Crippen molar-refractivity contribution in [1.29, 1.82) is 0 Å². The molecule has 0 saturated carbocycles. The van der Waals surface area contributed by atoms with Gasteiger partial charge in [0.25, 0.3) is 5.91 Å². The van der Waals surface area contributed by atoms with E-state index in [1.807, 2.05) is 35.8 Å². The Labute approximate surface area is 167 Å². The van der Waals surface area contributed by atoms with Gasteiger partial charge in [0, 0.05) is 19.7 Å². The second kappa shape index (κ2) is 10.7. The van der Waals surface area contributed by atoms with E-state index in [0.717, 1.165) is 5.69 Å². The molecule has 1 aromatic heterocycles. The van der Waals surface area contributed by atoms with Crippen molar-refractivity contribution in [2.75, 3.05) is 33.1 Å². The topological polar surface area (TPSA) is 105 Å². The van der Waals surface area contributed by atoms with Crippen LogP contribution in [0.25, 0.3) is 5.69 Å². The molecular weight excluding hydrogens is 384 g/mol. The van der Waals surface area contributed by atoms with Gasteiger partial charge in [-0.3, -0.25) is 14.2 Å². The molecule has 2 aromatic rings. The van der Waals surface area contributed by atoms with E-state index in [0.29, 0.717) is 29.9 Å². The van der Waals surface area contributed by atoms with Crippen LogP contribution < -0.4 is 10.1 Å². The van der Waals surface area contributed by atoms with Gasteiger partial charge >= 0.3 is 5.97 Å². The number of aryl methyl sites for hydroxylation is 1. The van der Waals surface area contributed by atoms with Gasteiger partial charge in [-0.25, -0.2) is 0 Å². The molecule has 0 radical (unpaired) electrons. The van der Waals surface area contributed by atoms with Gasteiger partial charge in [-0.05, 0) is 26.0 Å². The van der Waals surface area contributed by atoms with Crippen LogP contribution in [0.3, 0.4) is 0 Å². The van der Waals surface area contributed by atoms with Crippen LogP contribution >= 0.6 is 11.8 Å². The van der Waals surface area contributed by atoms with Crippen LogP contribution in [0.1, 0.15) is 12.7 Å². The summed E-state index contributed by atoms with van der Waals surface area (Å²) >= 11 is 1.18. The number of amides is 1. The van der Waals surface area contributed by atoms with Gasteiger partial charge in [-0.15, -0.1) is 10.2 Å². The van der Waals surface area contributed by atoms with E-state index >= 15 is 0 Å². The molecule has 1 atom stereocenters. The molecule has 0 aliphatic carbocycles. The van der Waals surface area contributed by atoms with Crippen molar-refractivity contribution in [3.63, 3.8) is 0 Å². The maximum absolute atomic E-state index is 12.1. The van der Waals surface area contributed by atoms with E-state index in [-0.39, 0.29) is 11.7 Å². The van der Waals surface area contributed by atoms with Crippen molar-refractivity contribution in [3.05, 3.63) is 30.1 Å². The molecule has 28 heavy (non-hydrogen) atoms. The number of esters is 1. The number of methoxy groups -OCH3 is 2. The van der Waals surface area contributed by atoms with Gasteiger partial charge in [0.1, 0.15) is 11.6 Å². The van der Waals surface area contributed by atoms with Gasteiger partial charge in [0.05, 0.1) is 25.2 Å². The second-order valence-electron chi connectivity index (χ2n) is 5.77. The highest BCUT2D eigenvalue weighted by molar-refractivity contribution is 7.99. The van der Waals surface area contributed by atoms with Crippen LogP contribution in [0.5, 0.6) is 5.75 Å². The van der Waals surface area contributed by atoms with Crippen molar-refractivity contribution < 1.29 is 23.8 Å². The fraction of sp³-hybridized carbons (Fsp3) is 0.444. The number of carbonyl (C=O) groups is 2. The number of benzene rings is 1. The number of hydrogen-bond donors (Lipinski definition) is 1. The molecule has 9 nitrogen and oxygen atoms in total. The fourth-order valence-electron chi connectivity index (χ4n) is 2.31. The Morgan fingerprint density at radius 1 is 1.29 bits per heavy atom. The lowest BCUT2D eigenvalue weighted by atomic mass is 10.3. The largest absolute Gasteiger partial charge is 0.497 e. The van der Waals surface area contributed by atoms with Crippen LogP contribution in [-0.4, -0.2) is 65.9 Å². The Balaban J connectivity index is 1.96. The SMILES string of the molecule is COCCNC(=O)[C@H](C)OC(=O)CSc1nnc(C)n1-c1cccc(OC)c1. The molecule has 0 bridgehead atoms. The highest BCUT2D eigenvalue weighted by atomic mass is 32.2. The second-order valence-corrected chi connectivity index (χ2v) is 6.71. The number of nitrogens with zero attached hydrogens (tertiary/aromatic N) is 3. The Bertz CT molecular complexity index is 811. The molecule has 2 rings (SSSR count). The summed E-state index contributed by atoms with van der Waals surface area (Å²) in [6, 6.07) is 7.45. The van der Waals surface area contributed by atoms with E-state index in [4.69, 9.17) is 14.2 Å². The molecule has 0 saturated heterocycles. The number of aromatic nitrogens is 3. The first kappa shape index (κ1) is 21.7. The first-order valence-electron chi connectivity index (χ1n) is 8.61. The molecule has 0 aliphatic rings. The molecule has 0 fully saturated rings. The molecular formula is C18H24N4O5S. The normalized spacial score (nSPS) is 11.7. The summed E-state index contributed by atoms with van der Waals surface area (Å²) in [6.45, 7) is 4.09. The number of rotatable bonds is 10. The molecule has 0 spiro atoms. The van der Waals surface area contributed by atoms with Crippen LogP contribution in [-0.2, 0) is 19.1 Å². The van der Waals surface area contributed by atoms with Crippen molar-refractivity contribution in [2.24, 2.45) is 0 Å². The first-order chi connectivity index (χ1) is 13.5. The molecule has 152 valence electrons. The van der Waals surface area contributed by atoms with Crippen molar-refractivity contribution in [3.8, 4) is 11.4 Å². The highest BCUT2D eigenvalue weighted by Gasteiger charge is 2.19. The Morgan fingerprint density at radius 3 is 2.79 bits per heavy atom. The smallest absolute Gasteiger partial charge is 0.317 e. The molecule has 0 unspecified atom stereocenters. The fourth-order valence-corrected chi connectivity index (χ4v) is 3.09. The van der Waals surface area contributed by atoms with Gasteiger partial charge in [-0.2, -0.15) is 0 Å². The quantitative estimate of drug-likeness (QED) is 0.357. The minimum Gasteiger partial charge on any atom is -0.497 e. The highest BCUT2D eigenvalue weighted by Crippen LogP contribution is 2.24. The predicted octanol–water partition coefficient (Wildman–Crippen LogP) is 1.37. The zero-order valence-electron chi connectivity index (χ0n) is 16.3. The van der Waals surface area contributed by atoms with Crippen LogP contribution in [0.4, 0.5) is 0 Å². The number of nitrogens with one attached hydrogen (secondary N) is 1. The van der Waals surface area contributed by atoms with Gasteiger partial charge in [0.2, 0.25) is 0 Å². The first-order valence-corrected chi connectivity index (χ1v) is 9.60. The summed E-state index contributed by atoms with van der Waals surface area (Å²) in [6.07, 6.45) is -0.886. The predicted molar refractivity (Wildman–Crippen MR) is 104 cm³/mol. The van der Waals surface area contributed by atoms with Crippen molar-refractivity contribution in [1.82, 2.24) is 20.1 Å². The number of hydrogen-bond acceptors (Lipinski definition) is 8. The summed E-state index contributed by atoms with van der Waals surface area (Å²) in [5.74, 6) is 0.491. The number of carbonyl (C=O) groups excluding carboxylic acids is 2. The van der Waals surface area contributed by atoms with Gasteiger partial charge in [0.15, 0.2) is 11.3 Å². The Kier molecular flexibility index (Phi) is 8.27. The van der Waals surface area contributed by atoms with Gasteiger partial charge in [-0.1, -0.05) is 17.8 Å². The van der Waals surface area contributed by atoms with E-state index in [1.165, 1.54) is 18.7 Å². The molecule has 1 N–H and O–H groups in total. The van der Waals surface area contributed by atoms with Crippen LogP contribution in [0.2, 0.25) is 0 Å². The minimum absolute atomic E-state index is 0.00219. The van der Waals surface area contributed by atoms with E-state index in [2.05, 4.69) is 15.5 Å². The maximum atomic E-state index is 12.1. The molecule has 0 aliphatic heterocycles. The lowest BCUT2D eigenvalue weighted by Gasteiger charge is -2.13. The summed E-state index contributed by atoms with van der Waals surface area (Å²) < 4.78 is 17.1. The third-order valence-corrected chi connectivity index (χ3v) is 4.61. The monoisotopic (exact) mass is 408 g/mol. The average molecular weight is 408 g/mol. The number of thioether (sulfide) groups is 1. The molecule has 1 aromatic carbocycles. The Morgan fingerprint density at radius 2 is 2.07 bits per heavy atom. The maximum Gasteiger partial charge on any atom is 0.317 e. The third-order valence-electron chi connectivity index (χ3n) is 3.71. The Hall–Kier alpha value is -2.59. The summed E-state index contributed by atoms with van der Waals surface area (Å²) in [5.41, 5.74) is 0.823. The zero-order valence-corrected chi connectivity index (χ0v) is 17.1. The van der Waals surface area contributed by atoms with Crippen LogP contribution in [0.15, 0.2) is 29.4 Å². The third kappa shape index (κ3) is 5.96. The standard InChI is InChI=1S/C18H24N4O5S/c1-12(17(24)19-8-9-25-3)27-16(23)11-28-18-21-20-13(2)22(18)14-6-5-7-15(10-14)26-4/h5-7,10,12H,8-9,11H2,1-4H3,(H,19,24)/t12-/m0/s1. The zero-order chi connectivity index (χ0) is 20.5. The summed E-state index contributed by atoms with van der Waals surface area (Å²) in [4.78, 5) is 23.9. The van der Waals surface area contributed by atoms with E-state index in [1.54, 1.807) is 14.2 Å². The summed E-state index contributed by atoms with van der Waals surface area (Å²) in [7, 11) is 3.13. The van der Waals surface area contributed by atoms with Crippen molar-refractivity contribution >= 4 is 23.6 Å². The van der Waals surface area contributed by atoms with Crippen LogP contribution in [0, 0.1) is 6.92 Å². The molecule has 1 heterocycles. The lowest BCUT2D eigenvalue weighted by Crippen LogP contribution is -2.37. The average Bonchev–Trinajstić information content (AvgIpc) is 3.06. The van der Waals surface area contributed by atoms with Crippen molar-refractivity contribution in [2.45, 2.75) is 25.1 Å². The molecule has 10 heteroatoms. The number of ether oxygens (including phenoxy) is 3. The molecule has 1 amide bonds. The van der Waals surface area contributed by atoms with E-state index < -0.39 is 12.1 Å². The van der Waals surface area contributed by atoms with E-state index in [9.17, 15) is 9.59 Å². The van der Waals surface area contributed by atoms with Gasteiger partial charge < -0.3 is 19.5 Å². The minimum atomic E-state index is -0.886.